The van der Waals surface area contributed by atoms with Crippen LogP contribution in [-0.4, -0.2) is 30.6 Å². The molecule has 0 unspecified atom stereocenters. The molecule has 8 heteroatoms. The zero-order chi connectivity index (χ0) is 22.5. The molecule has 0 saturated carbocycles. The fourth-order valence-corrected chi connectivity index (χ4v) is 4.44. The van der Waals surface area contributed by atoms with E-state index < -0.39 is 0 Å². The van der Waals surface area contributed by atoms with Crippen molar-refractivity contribution in [3.05, 3.63) is 108 Å². The second-order valence-corrected chi connectivity index (χ2v) is 8.56. The van der Waals surface area contributed by atoms with Crippen LogP contribution >= 0.6 is 11.8 Å². The summed E-state index contributed by atoms with van der Waals surface area (Å²) in [6.07, 6.45) is 3.22. The standard InChI is InChI=1S/C25H22N6OS/c32-24(27-13-18-9-11-19(12-10-18)14-31-17-26-16-28-31)21-6-2-1-5-20(21)15-33-25-29-22-7-3-4-8-23(22)30-25/h1-12,16-17H,13-15H2,(H,27,32)(H,29,30). The molecule has 7 nitrogen and oxygen atoms in total. The average molecular weight is 455 g/mol. The van der Waals surface area contributed by atoms with Crippen LogP contribution in [0.15, 0.2) is 90.6 Å². The molecule has 0 aliphatic heterocycles. The fraction of sp³-hybridized carbons (Fsp3) is 0.120. The van der Waals surface area contributed by atoms with Gasteiger partial charge in [-0.05, 0) is 34.9 Å². The van der Waals surface area contributed by atoms with Crippen molar-refractivity contribution in [1.29, 1.82) is 0 Å². The van der Waals surface area contributed by atoms with Gasteiger partial charge in [-0.1, -0.05) is 66.4 Å². The Morgan fingerprint density at radius 1 is 0.970 bits per heavy atom. The summed E-state index contributed by atoms with van der Waals surface area (Å²) < 4.78 is 1.77. The number of aromatic nitrogens is 5. The highest BCUT2D eigenvalue weighted by Crippen LogP contribution is 2.24. The largest absolute Gasteiger partial charge is 0.348 e. The number of thioether (sulfide) groups is 1. The molecule has 0 fully saturated rings. The van der Waals surface area contributed by atoms with Crippen molar-refractivity contribution in [3.63, 3.8) is 0 Å². The third kappa shape index (κ3) is 5.12. The van der Waals surface area contributed by atoms with Gasteiger partial charge in [-0.3, -0.25) is 4.79 Å². The number of nitrogens with one attached hydrogen (secondary N) is 2. The molecule has 5 aromatic rings. The highest BCUT2D eigenvalue weighted by molar-refractivity contribution is 7.98. The lowest BCUT2D eigenvalue weighted by atomic mass is 10.1. The van der Waals surface area contributed by atoms with Gasteiger partial charge in [0, 0.05) is 17.9 Å². The molecule has 0 atom stereocenters. The van der Waals surface area contributed by atoms with Gasteiger partial charge < -0.3 is 10.3 Å². The van der Waals surface area contributed by atoms with Gasteiger partial charge in [0.1, 0.15) is 12.7 Å². The highest BCUT2D eigenvalue weighted by Gasteiger charge is 2.12. The first-order valence-corrected chi connectivity index (χ1v) is 11.6. The summed E-state index contributed by atoms with van der Waals surface area (Å²) in [7, 11) is 0. The first-order chi connectivity index (χ1) is 16.2. The Bertz CT molecular complexity index is 1330. The summed E-state index contributed by atoms with van der Waals surface area (Å²) in [4.78, 5) is 24.8. The molecule has 0 radical (unpaired) electrons. The molecule has 0 aliphatic carbocycles. The van der Waals surface area contributed by atoms with Crippen LogP contribution in [0.3, 0.4) is 0 Å². The van der Waals surface area contributed by atoms with Gasteiger partial charge in [0.05, 0.1) is 17.6 Å². The Hall–Kier alpha value is -3.91. The van der Waals surface area contributed by atoms with Gasteiger partial charge in [-0.25, -0.2) is 14.6 Å². The van der Waals surface area contributed by atoms with Gasteiger partial charge in [0.25, 0.3) is 5.91 Å². The van der Waals surface area contributed by atoms with Gasteiger partial charge in [0.2, 0.25) is 0 Å². The molecule has 0 aliphatic rings. The van der Waals surface area contributed by atoms with Crippen molar-refractivity contribution in [2.45, 2.75) is 24.0 Å². The quantitative estimate of drug-likeness (QED) is 0.339. The van der Waals surface area contributed by atoms with E-state index in [1.165, 1.54) is 6.33 Å². The molecule has 5 rings (SSSR count). The SMILES string of the molecule is O=C(NCc1ccc(Cn2cncn2)cc1)c1ccccc1CSc1nc2ccccc2[nH]1. The zero-order valence-corrected chi connectivity index (χ0v) is 18.6. The lowest BCUT2D eigenvalue weighted by molar-refractivity contribution is 0.0950. The maximum Gasteiger partial charge on any atom is 0.251 e. The summed E-state index contributed by atoms with van der Waals surface area (Å²) in [5.74, 6) is 0.572. The van der Waals surface area contributed by atoms with Gasteiger partial charge in [-0.15, -0.1) is 0 Å². The van der Waals surface area contributed by atoms with Crippen LogP contribution in [0.1, 0.15) is 27.0 Å². The summed E-state index contributed by atoms with van der Waals surface area (Å²) in [5.41, 5.74) is 5.78. The molecule has 2 N–H and O–H groups in total. The number of nitrogens with zero attached hydrogens (tertiary/aromatic N) is 4. The monoisotopic (exact) mass is 454 g/mol. The number of hydrogen-bond acceptors (Lipinski definition) is 5. The van der Waals surface area contributed by atoms with Crippen molar-refractivity contribution >= 4 is 28.7 Å². The molecule has 3 aromatic carbocycles. The smallest absolute Gasteiger partial charge is 0.251 e. The number of carbonyl (C=O) groups is 1. The lowest BCUT2D eigenvalue weighted by Crippen LogP contribution is -2.23. The molecule has 164 valence electrons. The van der Waals surface area contributed by atoms with Gasteiger partial charge in [0.15, 0.2) is 5.16 Å². The maximum absolute atomic E-state index is 12.9. The van der Waals surface area contributed by atoms with Crippen LogP contribution in [0.4, 0.5) is 0 Å². The number of fused-ring (bicyclic) bond motifs is 1. The number of H-pyrrole nitrogens is 1. The number of imidazole rings is 1. The van der Waals surface area contributed by atoms with E-state index in [0.29, 0.717) is 24.4 Å². The normalized spacial score (nSPS) is 11.0. The van der Waals surface area contributed by atoms with E-state index in [1.54, 1.807) is 22.8 Å². The van der Waals surface area contributed by atoms with E-state index >= 15 is 0 Å². The van der Waals surface area contributed by atoms with Crippen LogP contribution in [0.5, 0.6) is 0 Å². The van der Waals surface area contributed by atoms with Crippen molar-refractivity contribution < 1.29 is 4.79 Å². The molecule has 0 spiro atoms. The predicted octanol–water partition coefficient (Wildman–Crippen LogP) is 4.43. The number of rotatable bonds is 8. The lowest BCUT2D eigenvalue weighted by Gasteiger charge is -2.10. The Balaban J connectivity index is 1.20. The van der Waals surface area contributed by atoms with Crippen molar-refractivity contribution in [2.75, 3.05) is 0 Å². The van der Waals surface area contributed by atoms with Crippen LogP contribution in [0.25, 0.3) is 11.0 Å². The number of carbonyl (C=O) groups excluding carboxylic acids is 1. The van der Waals surface area contributed by atoms with E-state index in [4.69, 9.17) is 0 Å². The van der Waals surface area contributed by atoms with E-state index in [-0.39, 0.29) is 5.91 Å². The molecule has 0 bridgehead atoms. The second-order valence-electron chi connectivity index (χ2n) is 7.60. The fourth-order valence-electron chi connectivity index (χ4n) is 3.55. The van der Waals surface area contributed by atoms with Crippen LogP contribution in [0.2, 0.25) is 0 Å². The van der Waals surface area contributed by atoms with E-state index in [9.17, 15) is 4.79 Å². The summed E-state index contributed by atoms with van der Waals surface area (Å²) in [5, 5.41) is 8.01. The minimum atomic E-state index is -0.0810. The summed E-state index contributed by atoms with van der Waals surface area (Å²) in [6.45, 7) is 1.14. The molecular weight excluding hydrogens is 432 g/mol. The number of amides is 1. The summed E-state index contributed by atoms with van der Waals surface area (Å²) in [6, 6.07) is 23.8. The second kappa shape index (κ2) is 9.70. The maximum atomic E-state index is 12.9. The number of aromatic amines is 1. The molecule has 1 amide bonds. The number of benzene rings is 3. The third-order valence-electron chi connectivity index (χ3n) is 5.28. The van der Waals surface area contributed by atoms with Crippen molar-refractivity contribution in [2.24, 2.45) is 0 Å². The molecule has 2 heterocycles. The third-order valence-corrected chi connectivity index (χ3v) is 6.20. The average Bonchev–Trinajstić information content (AvgIpc) is 3.52. The summed E-state index contributed by atoms with van der Waals surface area (Å²) >= 11 is 1.59. The van der Waals surface area contributed by atoms with Gasteiger partial charge >= 0.3 is 0 Å². The van der Waals surface area contributed by atoms with Gasteiger partial charge in [-0.2, -0.15) is 5.10 Å². The van der Waals surface area contributed by atoms with Crippen LogP contribution in [0, 0.1) is 0 Å². The van der Waals surface area contributed by atoms with E-state index in [1.807, 2.05) is 72.8 Å². The van der Waals surface area contributed by atoms with Crippen LogP contribution < -0.4 is 5.32 Å². The zero-order valence-electron chi connectivity index (χ0n) is 17.8. The Labute approximate surface area is 195 Å². The Morgan fingerprint density at radius 3 is 2.58 bits per heavy atom. The minimum Gasteiger partial charge on any atom is -0.348 e. The molecular formula is C25H22N6OS. The number of para-hydroxylation sites is 2. The van der Waals surface area contributed by atoms with Crippen LogP contribution in [-0.2, 0) is 18.8 Å². The minimum absolute atomic E-state index is 0.0810. The topological polar surface area (TPSA) is 88.5 Å². The van der Waals surface area contributed by atoms with E-state index in [0.717, 1.165) is 32.9 Å². The predicted molar refractivity (Wildman–Crippen MR) is 129 cm³/mol. The molecule has 0 saturated heterocycles. The highest BCUT2D eigenvalue weighted by atomic mass is 32.2. The first-order valence-electron chi connectivity index (χ1n) is 10.6. The van der Waals surface area contributed by atoms with Crippen molar-refractivity contribution in [1.82, 2.24) is 30.0 Å². The number of hydrogen-bond donors (Lipinski definition) is 2. The first kappa shape index (κ1) is 21.0. The van der Waals surface area contributed by atoms with Crippen molar-refractivity contribution in [3.8, 4) is 0 Å². The molecule has 33 heavy (non-hydrogen) atoms. The molecule has 2 aromatic heterocycles. The van der Waals surface area contributed by atoms with E-state index in [2.05, 4.69) is 25.4 Å². The Morgan fingerprint density at radius 2 is 1.76 bits per heavy atom. The Kier molecular flexibility index (Phi) is 6.16.